The third-order valence-corrected chi connectivity index (χ3v) is 9.70. The van der Waals surface area contributed by atoms with Gasteiger partial charge in [-0.05, 0) is 61.6 Å². The Balaban J connectivity index is 1.35. The van der Waals surface area contributed by atoms with Gasteiger partial charge in [0.25, 0.3) is 5.91 Å². The van der Waals surface area contributed by atoms with Crippen LogP contribution in [0.5, 0.6) is 0 Å². The first-order valence-corrected chi connectivity index (χ1v) is 16.2. The fourth-order valence-electron chi connectivity index (χ4n) is 6.13. The summed E-state index contributed by atoms with van der Waals surface area (Å²) in [6.45, 7) is 0.571. The van der Waals surface area contributed by atoms with E-state index in [-0.39, 0.29) is 30.6 Å². The van der Waals surface area contributed by atoms with Crippen LogP contribution in [-0.2, 0) is 25.6 Å². The predicted octanol–water partition coefficient (Wildman–Crippen LogP) is 4.75. The average molecular weight is 602 g/mol. The van der Waals surface area contributed by atoms with Crippen molar-refractivity contribution in [3.8, 4) is 0 Å². The van der Waals surface area contributed by atoms with Gasteiger partial charge >= 0.3 is 0 Å². The molecule has 0 spiro atoms. The minimum atomic E-state index is -1.16. The van der Waals surface area contributed by atoms with Crippen molar-refractivity contribution in [3.63, 3.8) is 0 Å². The topological polar surface area (TPSA) is 121 Å². The van der Waals surface area contributed by atoms with Crippen LogP contribution in [0.1, 0.15) is 73.0 Å². The van der Waals surface area contributed by atoms with Crippen LogP contribution in [0.4, 0.5) is 0 Å². The highest BCUT2D eigenvalue weighted by Gasteiger charge is 2.35. The summed E-state index contributed by atoms with van der Waals surface area (Å²) in [7, 11) is 0. The largest absolute Gasteiger partial charge is 0.356 e. The summed E-state index contributed by atoms with van der Waals surface area (Å²) in [5, 5.41) is 9.49. The molecule has 2 aliphatic rings. The zero-order valence-electron chi connectivity index (χ0n) is 24.3. The molecule has 2 heterocycles. The number of hydrogen-bond acceptors (Lipinski definition) is 6. The molecule has 0 bridgehead atoms. The minimum absolute atomic E-state index is 0.0385. The third kappa shape index (κ3) is 8.16. The molecule has 1 aliphatic carbocycles. The molecule has 3 amide bonds. The number of nitrogens with one attached hydrogen (secondary N) is 3. The molecule has 5 rings (SSSR count). The molecule has 9 heteroatoms. The van der Waals surface area contributed by atoms with Crippen molar-refractivity contribution < 1.29 is 24.0 Å². The number of rotatable bonds is 12. The summed E-state index contributed by atoms with van der Waals surface area (Å²) in [5.74, 6) is -3.52. The number of piperidine rings is 1. The Labute approximate surface area is 256 Å². The van der Waals surface area contributed by atoms with E-state index in [1.165, 1.54) is 11.3 Å². The standard InChI is InChI=1S/C34H39N3O5S/c38-28(30-21-23-12-7-8-16-29(23)43-30)20-25(18-22-10-3-1-4-11-22)33(41)37-27(19-24-13-9-17-35-32(24)40)31(39)34(42)36-26-14-5-2-6-15-26/h1,3-4,7-8,10-12,16,21,24-27H,2,5-6,9,13-15,17-20H2,(H,35,40)(H,36,42)(H,37,41)/t24-,25+,27-/m0/s1. The summed E-state index contributed by atoms with van der Waals surface area (Å²) in [6, 6.07) is 17.8. The van der Waals surface area contributed by atoms with E-state index in [1.54, 1.807) is 0 Å². The van der Waals surface area contributed by atoms with Gasteiger partial charge in [0.15, 0.2) is 5.78 Å². The molecule has 1 saturated carbocycles. The Kier molecular flexibility index (Phi) is 10.4. The Hall–Kier alpha value is -3.85. The van der Waals surface area contributed by atoms with E-state index in [1.807, 2.05) is 60.7 Å². The number of benzene rings is 2. The summed E-state index contributed by atoms with van der Waals surface area (Å²) in [4.78, 5) is 67.2. The lowest BCUT2D eigenvalue weighted by Crippen LogP contribution is -2.53. The van der Waals surface area contributed by atoms with E-state index >= 15 is 0 Å². The van der Waals surface area contributed by atoms with Crippen molar-refractivity contribution in [1.82, 2.24) is 16.0 Å². The van der Waals surface area contributed by atoms with Gasteiger partial charge in [-0.25, -0.2) is 0 Å². The molecule has 0 radical (unpaired) electrons. The summed E-state index contributed by atoms with van der Waals surface area (Å²) >= 11 is 1.40. The molecule has 226 valence electrons. The fourth-order valence-corrected chi connectivity index (χ4v) is 7.14. The molecule has 0 unspecified atom stereocenters. The zero-order chi connectivity index (χ0) is 30.2. The Morgan fingerprint density at radius 1 is 0.907 bits per heavy atom. The summed E-state index contributed by atoms with van der Waals surface area (Å²) in [5.41, 5.74) is 0.886. The van der Waals surface area contributed by atoms with E-state index in [0.717, 1.165) is 54.2 Å². The first-order valence-electron chi connectivity index (χ1n) is 15.4. The second kappa shape index (κ2) is 14.6. The molecule has 2 fully saturated rings. The van der Waals surface area contributed by atoms with E-state index in [9.17, 15) is 24.0 Å². The molecule has 3 aromatic rings. The van der Waals surface area contributed by atoms with Gasteiger partial charge in [-0.15, -0.1) is 11.3 Å². The average Bonchev–Trinajstić information content (AvgIpc) is 3.47. The first kappa shape index (κ1) is 30.6. The van der Waals surface area contributed by atoms with Crippen molar-refractivity contribution in [2.45, 2.75) is 76.3 Å². The smallest absolute Gasteiger partial charge is 0.289 e. The second-order valence-corrected chi connectivity index (χ2v) is 12.8. The number of hydrogen-bond donors (Lipinski definition) is 3. The van der Waals surface area contributed by atoms with Gasteiger partial charge in [-0.3, -0.25) is 24.0 Å². The van der Waals surface area contributed by atoms with Crippen LogP contribution < -0.4 is 16.0 Å². The second-order valence-electron chi connectivity index (χ2n) is 11.8. The highest BCUT2D eigenvalue weighted by Crippen LogP contribution is 2.28. The summed E-state index contributed by atoms with van der Waals surface area (Å²) in [6.07, 6.45) is 6.37. The van der Waals surface area contributed by atoms with Crippen molar-refractivity contribution in [3.05, 3.63) is 71.1 Å². The van der Waals surface area contributed by atoms with Crippen LogP contribution in [0.15, 0.2) is 60.7 Å². The first-order chi connectivity index (χ1) is 20.9. The Morgan fingerprint density at radius 3 is 2.40 bits per heavy atom. The lowest BCUT2D eigenvalue weighted by atomic mass is 9.88. The fraction of sp³-hybridized carbons (Fsp3) is 0.441. The van der Waals surface area contributed by atoms with Crippen LogP contribution >= 0.6 is 11.3 Å². The Bertz CT molecular complexity index is 1430. The normalized spacial score (nSPS) is 18.8. The van der Waals surface area contributed by atoms with Crippen molar-refractivity contribution in [1.29, 1.82) is 0 Å². The molecule has 8 nitrogen and oxygen atoms in total. The van der Waals surface area contributed by atoms with E-state index in [0.29, 0.717) is 24.3 Å². The number of fused-ring (bicyclic) bond motifs is 1. The highest BCUT2D eigenvalue weighted by atomic mass is 32.1. The lowest BCUT2D eigenvalue weighted by molar-refractivity contribution is -0.141. The van der Waals surface area contributed by atoms with E-state index < -0.39 is 35.5 Å². The summed E-state index contributed by atoms with van der Waals surface area (Å²) < 4.78 is 0.996. The van der Waals surface area contributed by atoms with Crippen LogP contribution in [0, 0.1) is 11.8 Å². The van der Waals surface area contributed by atoms with E-state index in [2.05, 4.69) is 16.0 Å². The van der Waals surface area contributed by atoms with Crippen LogP contribution in [0.2, 0.25) is 0 Å². The van der Waals surface area contributed by atoms with Crippen LogP contribution in [0.25, 0.3) is 10.1 Å². The van der Waals surface area contributed by atoms with Crippen LogP contribution in [-0.4, -0.2) is 47.9 Å². The molecular weight excluding hydrogens is 562 g/mol. The predicted molar refractivity (Wildman–Crippen MR) is 167 cm³/mol. The molecule has 3 atom stereocenters. The van der Waals surface area contributed by atoms with Crippen molar-refractivity contribution >= 4 is 50.7 Å². The third-order valence-electron chi connectivity index (χ3n) is 8.54. The molecular formula is C34H39N3O5S. The maximum Gasteiger partial charge on any atom is 0.289 e. The molecule has 1 aromatic heterocycles. The van der Waals surface area contributed by atoms with Gasteiger partial charge in [0, 0.05) is 35.5 Å². The van der Waals surface area contributed by atoms with Crippen molar-refractivity contribution in [2.75, 3.05) is 6.54 Å². The van der Waals surface area contributed by atoms with E-state index in [4.69, 9.17) is 0 Å². The van der Waals surface area contributed by atoms with Gasteiger partial charge in [-0.1, -0.05) is 67.8 Å². The maximum absolute atomic E-state index is 13.9. The number of ketones is 2. The van der Waals surface area contributed by atoms with Gasteiger partial charge in [0.05, 0.1) is 10.9 Å². The SMILES string of the molecule is O=C(NC1CCCCC1)C(=O)[C@H](C[C@@H]1CCCNC1=O)NC(=O)[C@@H](CC(=O)c1cc2ccccc2s1)Cc1ccccc1. The van der Waals surface area contributed by atoms with Crippen LogP contribution in [0.3, 0.4) is 0 Å². The minimum Gasteiger partial charge on any atom is -0.356 e. The maximum atomic E-state index is 13.9. The molecule has 43 heavy (non-hydrogen) atoms. The van der Waals surface area contributed by atoms with Gasteiger partial charge in [0.1, 0.15) is 0 Å². The van der Waals surface area contributed by atoms with Gasteiger partial charge in [-0.2, -0.15) is 0 Å². The zero-order valence-corrected chi connectivity index (χ0v) is 25.1. The molecule has 1 saturated heterocycles. The van der Waals surface area contributed by atoms with Gasteiger partial charge < -0.3 is 16.0 Å². The number of thiophene rings is 1. The van der Waals surface area contributed by atoms with Crippen molar-refractivity contribution in [2.24, 2.45) is 11.8 Å². The molecule has 2 aromatic carbocycles. The molecule has 1 aliphatic heterocycles. The lowest BCUT2D eigenvalue weighted by Gasteiger charge is -2.28. The quantitative estimate of drug-likeness (QED) is 0.204. The highest BCUT2D eigenvalue weighted by molar-refractivity contribution is 7.20. The number of carbonyl (C=O) groups excluding carboxylic acids is 5. The Morgan fingerprint density at radius 2 is 1.65 bits per heavy atom. The van der Waals surface area contributed by atoms with Gasteiger partial charge in [0.2, 0.25) is 17.6 Å². The monoisotopic (exact) mass is 601 g/mol. The molecule has 3 N–H and O–H groups in total. The number of amides is 3. The number of Topliss-reactive ketones (excluding diaryl/α,β-unsaturated/α-hetero) is 2. The number of carbonyl (C=O) groups is 5.